The van der Waals surface area contributed by atoms with Crippen LogP contribution in [-0.2, 0) is 19.1 Å². The van der Waals surface area contributed by atoms with Crippen LogP contribution in [0.25, 0.3) is 0 Å². The smallest absolute Gasteiger partial charge is 0.311 e. The Morgan fingerprint density at radius 3 is 2.02 bits per heavy atom. The largest absolute Gasteiger partial charge is 0.462 e. The van der Waals surface area contributed by atoms with Crippen LogP contribution in [-0.4, -0.2) is 82.5 Å². The summed E-state index contributed by atoms with van der Waals surface area (Å²) in [5.41, 5.74) is -1.76. The van der Waals surface area contributed by atoms with Gasteiger partial charge in [-0.2, -0.15) is 0 Å². The Balaban J connectivity index is 1.59. The van der Waals surface area contributed by atoms with Crippen molar-refractivity contribution in [2.45, 2.75) is 170 Å². The minimum absolute atomic E-state index is 0.00225. The second-order valence-electron chi connectivity index (χ2n) is 22.6. The van der Waals surface area contributed by atoms with E-state index in [0.717, 1.165) is 38.5 Å². The summed E-state index contributed by atoms with van der Waals surface area (Å²) in [5.74, 6) is 0.945. The van der Waals surface area contributed by atoms with Gasteiger partial charge in [-0.25, -0.2) is 0 Å². The molecule has 0 heterocycles. The minimum atomic E-state index is -1.61. The van der Waals surface area contributed by atoms with Gasteiger partial charge in [0.1, 0.15) is 11.9 Å². The number of fused-ring (bicyclic) bond motifs is 2. The van der Waals surface area contributed by atoms with Crippen molar-refractivity contribution in [3.8, 4) is 0 Å². The van der Waals surface area contributed by atoms with Crippen LogP contribution < -0.4 is 5.32 Å². The van der Waals surface area contributed by atoms with Crippen molar-refractivity contribution in [2.75, 3.05) is 14.1 Å². The first-order valence-electron chi connectivity index (χ1n) is 20.3. The molecule has 5 aliphatic rings. The van der Waals surface area contributed by atoms with Gasteiger partial charge in [0.2, 0.25) is 5.91 Å². The van der Waals surface area contributed by atoms with Crippen LogP contribution in [0, 0.1) is 56.2 Å². The van der Waals surface area contributed by atoms with Crippen molar-refractivity contribution in [3.05, 3.63) is 0 Å². The molecule has 51 heavy (non-hydrogen) atoms. The van der Waals surface area contributed by atoms with Crippen LogP contribution in [0.4, 0.5) is 0 Å². The molecule has 290 valence electrons. The quantitative estimate of drug-likeness (QED) is 0.146. The van der Waals surface area contributed by atoms with E-state index in [1.807, 2.05) is 34.6 Å². The maximum absolute atomic E-state index is 15.2. The summed E-state index contributed by atoms with van der Waals surface area (Å²) in [6.07, 6.45) is 8.32. The van der Waals surface area contributed by atoms with Gasteiger partial charge in [-0.3, -0.25) is 14.4 Å². The maximum Gasteiger partial charge on any atom is 0.311 e. The van der Waals surface area contributed by atoms with E-state index in [4.69, 9.17) is 9.73 Å². The van der Waals surface area contributed by atoms with Crippen molar-refractivity contribution in [1.29, 1.82) is 0 Å². The molecule has 9 heteroatoms. The maximum atomic E-state index is 15.2. The molecule has 0 saturated heterocycles. The molecule has 0 aromatic rings. The van der Waals surface area contributed by atoms with Gasteiger partial charge in [-0.15, -0.1) is 0 Å². The average Bonchev–Trinajstić information content (AvgIpc) is 3.60. The fourth-order valence-corrected chi connectivity index (χ4v) is 24.7. The highest BCUT2D eigenvalue weighted by molar-refractivity contribution is 6.96. The van der Waals surface area contributed by atoms with Crippen molar-refractivity contribution < 1.29 is 19.1 Å². The number of nitrogens with zero attached hydrogens (tertiary/aromatic N) is 2. The van der Waals surface area contributed by atoms with E-state index in [-0.39, 0.29) is 80.8 Å². The number of ether oxygens (including phenoxy) is 1. The number of amides is 1. The zero-order valence-corrected chi connectivity index (χ0v) is 37.7. The van der Waals surface area contributed by atoms with Crippen molar-refractivity contribution in [3.63, 3.8) is 0 Å². The lowest BCUT2D eigenvalue weighted by Crippen LogP contribution is -2.64. The number of rotatable bonds is 9. The molecule has 5 aliphatic carbocycles. The van der Waals surface area contributed by atoms with E-state index < -0.39 is 21.6 Å². The highest BCUT2D eigenvalue weighted by Gasteiger charge is 2.86. The summed E-state index contributed by atoms with van der Waals surface area (Å²) < 4.78 is 6.53. The molecule has 5 saturated carbocycles. The number of hydrogen-bond donors (Lipinski definition) is 1. The number of Topliss-reactive ketones (excluding diaryl/α,β-unsaturated/α-hetero) is 1. The predicted octanol–water partition coefficient (Wildman–Crippen LogP) is 8.44. The number of esters is 1. The van der Waals surface area contributed by atoms with E-state index in [2.05, 4.69) is 97.5 Å². The Bertz CT molecular complexity index is 1430. The van der Waals surface area contributed by atoms with Gasteiger partial charge in [0, 0.05) is 52.7 Å². The first-order valence-corrected chi connectivity index (χ1v) is 27.5. The summed E-state index contributed by atoms with van der Waals surface area (Å²) >= 11 is 0. The lowest BCUT2D eigenvalue weighted by Gasteiger charge is -2.62. The first-order chi connectivity index (χ1) is 23.0. The number of carbonyl (C=O) groups is 3. The fourth-order valence-electron chi connectivity index (χ4n) is 13.2. The normalized spacial score (nSPS) is 41.6. The molecule has 5 rings (SSSR count). The molecular formula is C42H75N3O4Si2. The molecule has 5 fully saturated rings. The molecule has 0 aromatic heterocycles. The van der Waals surface area contributed by atoms with Gasteiger partial charge in [-0.05, 0) is 108 Å². The van der Waals surface area contributed by atoms with Gasteiger partial charge in [0.05, 0.1) is 21.6 Å². The van der Waals surface area contributed by atoms with E-state index in [1.165, 1.54) is 0 Å². The van der Waals surface area contributed by atoms with E-state index >= 15 is 4.79 Å². The van der Waals surface area contributed by atoms with Gasteiger partial charge in [0.25, 0.3) is 0 Å². The van der Waals surface area contributed by atoms with Crippen LogP contribution in [0.1, 0.15) is 107 Å². The van der Waals surface area contributed by atoms with E-state index in [1.54, 1.807) is 0 Å². The Morgan fingerprint density at radius 1 is 0.941 bits per heavy atom. The number of nitrogens with one attached hydrogen (secondary N) is 1. The average molecular weight is 742 g/mol. The van der Waals surface area contributed by atoms with Crippen molar-refractivity contribution in [1.82, 2.24) is 10.2 Å². The summed E-state index contributed by atoms with van der Waals surface area (Å²) in [5, 5.41) is 3.91. The first kappa shape index (κ1) is 40.9. The highest BCUT2D eigenvalue weighted by Crippen LogP contribution is 2.88. The third-order valence-corrected chi connectivity index (χ3v) is 24.6. The lowest BCUT2D eigenvalue weighted by atomic mass is 9.41. The highest BCUT2D eigenvalue weighted by atomic mass is 28.4. The van der Waals surface area contributed by atoms with Gasteiger partial charge < -0.3 is 19.9 Å². The van der Waals surface area contributed by atoms with Crippen molar-refractivity contribution >= 4 is 40.0 Å². The van der Waals surface area contributed by atoms with Gasteiger partial charge >= 0.3 is 5.97 Å². The van der Waals surface area contributed by atoms with Gasteiger partial charge in [-0.1, -0.05) is 73.9 Å². The van der Waals surface area contributed by atoms with E-state index in [0.29, 0.717) is 17.5 Å². The molecule has 1 unspecified atom stereocenters. The number of carbonyl (C=O) groups excluding carboxylic acids is 3. The predicted molar refractivity (Wildman–Crippen MR) is 215 cm³/mol. The van der Waals surface area contributed by atoms with Crippen LogP contribution in [0.5, 0.6) is 0 Å². The molecule has 0 aliphatic heterocycles. The van der Waals surface area contributed by atoms with Gasteiger partial charge in [0.15, 0.2) is 0 Å². The molecule has 0 aromatic carbocycles. The number of hydrogen-bond acceptors (Lipinski definition) is 6. The molecule has 11 atom stereocenters. The molecule has 0 radical (unpaired) electrons. The van der Waals surface area contributed by atoms with Crippen LogP contribution >= 0.6 is 0 Å². The standard InChI is InChI=1S/C42H75N3O4Si2/c1-26(2)34(47)44-31-20-21-41-24-42(41)30(19-18-29(41)38(31,7)25-43-36(50(12,13)14)51(15,16)17)39(8)22-28(49-35(48)37(4,5)6)33(27(3)45(10)11)40(39,9)23-32(42)46/h25-31,33,36H,18-24H2,1-17H3,(H,44,47)/t27-,28+,29-,30-,31-,33-,38-,39-,40+,41?,42-/m0/s1. The Morgan fingerprint density at radius 2 is 1.51 bits per heavy atom. The third-order valence-electron chi connectivity index (χ3n) is 15.8. The summed E-state index contributed by atoms with van der Waals surface area (Å²) in [7, 11) is 1.02. The topological polar surface area (TPSA) is 88.1 Å². The minimum Gasteiger partial charge on any atom is -0.462 e. The molecule has 1 N–H and O–H groups in total. The zero-order chi connectivity index (χ0) is 38.7. The molecule has 7 nitrogen and oxygen atoms in total. The Hall–Kier alpha value is -1.33. The summed E-state index contributed by atoms with van der Waals surface area (Å²) in [4.78, 5) is 50.0. The van der Waals surface area contributed by atoms with Crippen LogP contribution in [0.15, 0.2) is 4.99 Å². The van der Waals surface area contributed by atoms with E-state index in [9.17, 15) is 9.59 Å². The van der Waals surface area contributed by atoms with Crippen LogP contribution in [0.3, 0.4) is 0 Å². The molecule has 1 amide bonds. The Labute approximate surface area is 313 Å². The molecule has 0 bridgehead atoms. The Kier molecular flexibility index (Phi) is 10.1. The molecule has 2 spiro atoms. The van der Waals surface area contributed by atoms with Crippen molar-refractivity contribution in [2.24, 2.45) is 61.2 Å². The number of aliphatic imine (C=N–C) groups is 1. The SMILES string of the molecule is CC(C)C(=O)N[C@H]1CCC23C[C@]24C(=O)C[C@]2(C)[C@@H]([C@H](C)N(C)C)[C@H](OC(=O)C(C)(C)C)C[C@@]2(C)[C@@H]4CC[C@H]3[C@]1(C)C=NC([Si](C)(C)C)[Si](C)(C)C. The summed E-state index contributed by atoms with van der Waals surface area (Å²) in [6, 6.07) is 0.161. The fraction of sp³-hybridized carbons (Fsp3) is 0.905. The van der Waals surface area contributed by atoms with Crippen LogP contribution in [0.2, 0.25) is 39.3 Å². The lowest BCUT2D eigenvalue weighted by molar-refractivity contribution is -0.168. The zero-order valence-electron chi connectivity index (χ0n) is 35.7. The number of ketones is 1. The second kappa shape index (κ2) is 12.6. The third kappa shape index (κ3) is 6.12. The second-order valence-corrected chi connectivity index (χ2v) is 33.7. The summed E-state index contributed by atoms with van der Waals surface area (Å²) in [6.45, 7) is 34.0. The monoisotopic (exact) mass is 742 g/mol. The molecular weight excluding hydrogens is 667 g/mol.